The number of aromatic nitrogens is 3. The van der Waals surface area contributed by atoms with Crippen LogP contribution in [0.4, 0.5) is 10.6 Å². The molecule has 1 aromatic rings. The Morgan fingerprint density at radius 1 is 1.60 bits per heavy atom. The minimum atomic E-state index is -0.523. The summed E-state index contributed by atoms with van der Waals surface area (Å²) in [5.41, 5.74) is 4.96. The number of primary amides is 1. The van der Waals surface area contributed by atoms with Gasteiger partial charge in [0.05, 0.1) is 6.20 Å². The number of urea groups is 1. The second-order valence-corrected chi connectivity index (χ2v) is 3.09. The van der Waals surface area contributed by atoms with Crippen LogP contribution in [0.15, 0.2) is 6.20 Å². The molecule has 1 aromatic heterocycles. The Bertz CT molecular complexity index is 371. The number of carbonyl (C=O) groups excluding carboxylic acids is 2. The molecule has 8 nitrogen and oxygen atoms in total. The normalized spacial score (nSPS) is 9.73. The van der Waals surface area contributed by atoms with Gasteiger partial charge in [0.1, 0.15) is 6.54 Å². The summed E-state index contributed by atoms with van der Waals surface area (Å²) in [6.45, 7) is -0.0646. The molecule has 0 aromatic carbocycles. The molecule has 1 heterocycles. The third-order valence-corrected chi connectivity index (χ3v) is 1.50. The van der Waals surface area contributed by atoms with Crippen molar-refractivity contribution in [2.45, 2.75) is 6.54 Å². The van der Waals surface area contributed by atoms with Gasteiger partial charge in [-0.25, -0.2) is 9.48 Å². The first-order valence-corrected chi connectivity index (χ1v) is 4.16. The van der Waals surface area contributed by atoms with Gasteiger partial charge in [0, 0.05) is 14.1 Å². The molecule has 0 atom stereocenters. The summed E-state index contributed by atoms with van der Waals surface area (Å²) in [6, 6.07) is -0.318. The SMILES string of the molecule is CN(C)C(=O)Nc1cn(CC(N)=O)nn1. The summed E-state index contributed by atoms with van der Waals surface area (Å²) in [6.07, 6.45) is 1.42. The van der Waals surface area contributed by atoms with E-state index in [1.165, 1.54) is 15.8 Å². The highest BCUT2D eigenvalue weighted by Gasteiger charge is 2.07. The maximum absolute atomic E-state index is 11.2. The van der Waals surface area contributed by atoms with Crippen molar-refractivity contribution < 1.29 is 9.59 Å². The van der Waals surface area contributed by atoms with E-state index in [0.29, 0.717) is 0 Å². The van der Waals surface area contributed by atoms with E-state index in [4.69, 9.17) is 5.73 Å². The molecule has 0 saturated carbocycles. The third-order valence-electron chi connectivity index (χ3n) is 1.50. The number of anilines is 1. The summed E-state index contributed by atoms with van der Waals surface area (Å²) in [5.74, 6) is -0.250. The molecule has 1 rings (SSSR count). The summed E-state index contributed by atoms with van der Waals surface area (Å²) in [4.78, 5) is 23.1. The van der Waals surface area contributed by atoms with Crippen molar-refractivity contribution in [2.24, 2.45) is 5.73 Å². The molecule has 0 aliphatic heterocycles. The predicted octanol–water partition coefficient (Wildman–Crippen LogP) is -1.14. The van der Waals surface area contributed by atoms with Crippen molar-refractivity contribution >= 4 is 17.8 Å². The Hall–Kier alpha value is -2.12. The minimum absolute atomic E-state index is 0.0646. The minimum Gasteiger partial charge on any atom is -0.368 e. The number of nitrogens with zero attached hydrogens (tertiary/aromatic N) is 4. The molecule has 82 valence electrons. The Morgan fingerprint density at radius 3 is 2.80 bits per heavy atom. The van der Waals surface area contributed by atoms with Crippen molar-refractivity contribution in [3.8, 4) is 0 Å². The number of amides is 3. The molecule has 0 aliphatic rings. The summed E-state index contributed by atoms with van der Waals surface area (Å²) in [5, 5.41) is 9.71. The van der Waals surface area contributed by atoms with Gasteiger partial charge in [-0.2, -0.15) is 0 Å². The molecule has 3 amide bonds. The van der Waals surface area contributed by atoms with E-state index in [9.17, 15) is 9.59 Å². The van der Waals surface area contributed by atoms with Gasteiger partial charge >= 0.3 is 6.03 Å². The van der Waals surface area contributed by atoms with Crippen LogP contribution >= 0.6 is 0 Å². The average Bonchev–Trinajstić information content (AvgIpc) is 2.51. The average molecular weight is 212 g/mol. The summed E-state index contributed by atoms with van der Waals surface area (Å²) in [7, 11) is 3.20. The van der Waals surface area contributed by atoms with Crippen LogP contribution in [0.3, 0.4) is 0 Å². The van der Waals surface area contributed by atoms with Crippen LogP contribution in [-0.4, -0.2) is 45.9 Å². The first kappa shape index (κ1) is 11.0. The Labute approximate surface area is 86.0 Å². The molecular formula is C7H12N6O2. The first-order chi connectivity index (χ1) is 6.99. The number of hydrogen-bond donors (Lipinski definition) is 2. The molecule has 15 heavy (non-hydrogen) atoms. The number of nitrogens with two attached hydrogens (primary N) is 1. The van der Waals surface area contributed by atoms with Crippen molar-refractivity contribution in [3.63, 3.8) is 0 Å². The lowest BCUT2D eigenvalue weighted by atomic mass is 10.6. The van der Waals surface area contributed by atoms with Gasteiger partial charge in [-0.1, -0.05) is 5.21 Å². The van der Waals surface area contributed by atoms with Gasteiger partial charge in [0.2, 0.25) is 5.91 Å². The molecule has 0 radical (unpaired) electrons. The second-order valence-electron chi connectivity index (χ2n) is 3.09. The largest absolute Gasteiger partial charge is 0.368 e. The molecule has 0 saturated heterocycles. The molecular weight excluding hydrogens is 200 g/mol. The highest BCUT2D eigenvalue weighted by atomic mass is 16.2. The van der Waals surface area contributed by atoms with Gasteiger partial charge in [-0.05, 0) is 0 Å². The lowest BCUT2D eigenvalue weighted by molar-refractivity contribution is -0.118. The monoisotopic (exact) mass is 212 g/mol. The van der Waals surface area contributed by atoms with Crippen LogP contribution in [0.2, 0.25) is 0 Å². The van der Waals surface area contributed by atoms with E-state index < -0.39 is 5.91 Å². The lowest BCUT2D eigenvalue weighted by Gasteiger charge is -2.08. The summed E-state index contributed by atoms with van der Waals surface area (Å²) >= 11 is 0. The van der Waals surface area contributed by atoms with E-state index in [-0.39, 0.29) is 18.4 Å². The lowest BCUT2D eigenvalue weighted by Crippen LogP contribution is -2.27. The van der Waals surface area contributed by atoms with E-state index >= 15 is 0 Å². The number of hydrogen-bond acceptors (Lipinski definition) is 4. The van der Waals surface area contributed by atoms with Gasteiger partial charge in [-0.15, -0.1) is 5.10 Å². The van der Waals surface area contributed by atoms with Crippen LogP contribution in [0, 0.1) is 0 Å². The van der Waals surface area contributed by atoms with Crippen molar-refractivity contribution in [1.29, 1.82) is 0 Å². The highest BCUT2D eigenvalue weighted by molar-refractivity contribution is 5.87. The third kappa shape index (κ3) is 3.25. The van der Waals surface area contributed by atoms with Gasteiger partial charge in [-0.3, -0.25) is 10.1 Å². The first-order valence-electron chi connectivity index (χ1n) is 4.16. The van der Waals surface area contributed by atoms with Gasteiger partial charge in [0.15, 0.2) is 5.82 Å². The van der Waals surface area contributed by atoms with Crippen LogP contribution < -0.4 is 11.1 Å². The zero-order valence-electron chi connectivity index (χ0n) is 8.47. The molecule has 0 spiro atoms. The Morgan fingerprint density at radius 2 is 2.27 bits per heavy atom. The number of carbonyl (C=O) groups is 2. The smallest absolute Gasteiger partial charge is 0.322 e. The van der Waals surface area contributed by atoms with E-state index in [0.717, 1.165) is 0 Å². The zero-order valence-corrected chi connectivity index (χ0v) is 8.47. The highest BCUT2D eigenvalue weighted by Crippen LogP contribution is 2.00. The van der Waals surface area contributed by atoms with Crippen LogP contribution in [0.25, 0.3) is 0 Å². The van der Waals surface area contributed by atoms with Gasteiger partial charge in [0.25, 0.3) is 0 Å². The second kappa shape index (κ2) is 4.40. The maximum atomic E-state index is 11.2. The Balaban J connectivity index is 2.60. The van der Waals surface area contributed by atoms with Crippen molar-refractivity contribution in [1.82, 2.24) is 19.9 Å². The van der Waals surface area contributed by atoms with Crippen molar-refractivity contribution in [2.75, 3.05) is 19.4 Å². The van der Waals surface area contributed by atoms with Crippen molar-refractivity contribution in [3.05, 3.63) is 6.20 Å². The van der Waals surface area contributed by atoms with E-state index in [1.54, 1.807) is 14.1 Å². The number of rotatable bonds is 3. The molecule has 0 unspecified atom stereocenters. The molecule has 0 fully saturated rings. The molecule has 0 bridgehead atoms. The maximum Gasteiger partial charge on any atom is 0.322 e. The van der Waals surface area contributed by atoms with Crippen LogP contribution in [0.1, 0.15) is 0 Å². The fourth-order valence-corrected chi connectivity index (χ4v) is 0.814. The Kier molecular flexibility index (Phi) is 3.21. The number of nitrogens with one attached hydrogen (secondary N) is 1. The van der Waals surface area contributed by atoms with Crippen LogP contribution in [0.5, 0.6) is 0 Å². The molecule has 0 aliphatic carbocycles. The van der Waals surface area contributed by atoms with E-state index in [1.807, 2.05) is 0 Å². The van der Waals surface area contributed by atoms with Crippen LogP contribution in [-0.2, 0) is 11.3 Å². The quantitative estimate of drug-likeness (QED) is 0.660. The zero-order chi connectivity index (χ0) is 11.4. The summed E-state index contributed by atoms with van der Waals surface area (Å²) < 4.78 is 1.24. The molecule has 3 N–H and O–H groups in total. The van der Waals surface area contributed by atoms with E-state index in [2.05, 4.69) is 15.6 Å². The standard InChI is InChI=1S/C7H12N6O2/c1-12(2)7(15)9-6-4-13(11-10-6)3-5(8)14/h4H,3H2,1-2H3,(H2,8,14)(H,9,15). The van der Waals surface area contributed by atoms with Gasteiger partial charge < -0.3 is 10.6 Å². The fraction of sp³-hybridized carbons (Fsp3) is 0.429. The predicted molar refractivity (Wildman–Crippen MR) is 51.9 cm³/mol. The molecule has 8 heteroatoms. The fourth-order valence-electron chi connectivity index (χ4n) is 0.814. The topological polar surface area (TPSA) is 106 Å².